The van der Waals surface area contributed by atoms with Crippen LogP contribution in [0.15, 0.2) is 24.3 Å². The van der Waals surface area contributed by atoms with Crippen molar-refractivity contribution in [3.05, 3.63) is 24.3 Å². The minimum atomic E-state index is -0.640. The number of carbonyl (C=O) groups is 2. The van der Waals surface area contributed by atoms with Crippen LogP contribution in [-0.4, -0.2) is 67.2 Å². The quantitative estimate of drug-likeness (QED) is 0.805. The normalized spacial score (nSPS) is 23.0. The van der Waals surface area contributed by atoms with E-state index in [4.69, 9.17) is 4.74 Å². The SMILES string of the molecule is COc1ccc(N2CCN(CN3C(=O)NC4(CCCCCC4)C3=O)CC2)cc1. The van der Waals surface area contributed by atoms with Crippen molar-refractivity contribution in [2.75, 3.05) is 44.9 Å². The maximum absolute atomic E-state index is 13.1. The molecule has 1 spiro atoms. The highest BCUT2D eigenvalue weighted by Gasteiger charge is 2.50. The van der Waals surface area contributed by atoms with Gasteiger partial charge in [0.1, 0.15) is 11.3 Å². The number of nitrogens with one attached hydrogen (secondary N) is 1. The molecular formula is C21H30N4O3. The second kappa shape index (κ2) is 7.99. The van der Waals surface area contributed by atoms with E-state index in [1.165, 1.54) is 10.6 Å². The minimum absolute atomic E-state index is 0.0167. The first-order chi connectivity index (χ1) is 13.6. The standard InChI is InChI=1S/C21H30N4O3/c1-28-18-8-6-17(7-9-18)24-14-12-23(13-15-24)16-25-19(26)21(22-20(25)27)10-4-2-3-5-11-21/h6-9H,2-5,10-16H2,1H3,(H,22,27). The Balaban J connectivity index is 1.34. The topological polar surface area (TPSA) is 65.1 Å². The van der Waals surface area contributed by atoms with Gasteiger partial charge in [-0.2, -0.15) is 0 Å². The van der Waals surface area contributed by atoms with Crippen molar-refractivity contribution in [2.24, 2.45) is 0 Å². The molecule has 0 atom stereocenters. The van der Waals surface area contributed by atoms with E-state index in [2.05, 4.69) is 27.2 Å². The maximum Gasteiger partial charge on any atom is 0.326 e. The molecule has 152 valence electrons. The Morgan fingerprint density at radius 2 is 1.61 bits per heavy atom. The Morgan fingerprint density at radius 1 is 0.964 bits per heavy atom. The summed E-state index contributed by atoms with van der Waals surface area (Å²) < 4.78 is 5.22. The summed E-state index contributed by atoms with van der Waals surface area (Å²) in [7, 11) is 1.67. The number of piperazine rings is 1. The first kappa shape index (κ1) is 19.1. The number of carbonyl (C=O) groups excluding carboxylic acids is 2. The predicted molar refractivity (Wildman–Crippen MR) is 107 cm³/mol. The van der Waals surface area contributed by atoms with Gasteiger partial charge in [-0.15, -0.1) is 0 Å². The van der Waals surface area contributed by atoms with Crippen LogP contribution in [0.25, 0.3) is 0 Å². The Morgan fingerprint density at radius 3 is 2.21 bits per heavy atom. The molecule has 2 heterocycles. The number of urea groups is 1. The molecule has 1 aromatic rings. The van der Waals surface area contributed by atoms with Gasteiger partial charge >= 0.3 is 6.03 Å². The van der Waals surface area contributed by atoms with Gasteiger partial charge in [0, 0.05) is 31.9 Å². The van der Waals surface area contributed by atoms with Crippen molar-refractivity contribution >= 4 is 17.6 Å². The predicted octanol–water partition coefficient (Wildman–Crippen LogP) is 2.42. The third-order valence-electron chi connectivity index (χ3n) is 6.35. The molecule has 7 nitrogen and oxygen atoms in total. The molecule has 0 radical (unpaired) electrons. The highest BCUT2D eigenvalue weighted by atomic mass is 16.5. The molecule has 3 fully saturated rings. The maximum atomic E-state index is 13.1. The van der Waals surface area contributed by atoms with Crippen molar-refractivity contribution in [1.82, 2.24) is 15.1 Å². The molecule has 28 heavy (non-hydrogen) atoms. The van der Waals surface area contributed by atoms with Crippen LogP contribution in [0, 0.1) is 0 Å². The van der Waals surface area contributed by atoms with Crippen LogP contribution in [-0.2, 0) is 4.79 Å². The van der Waals surface area contributed by atoms with Gasteiger partial charge in [-0.1, -0.05) is 25.7 Å². The summed E-state index contributed by atoms with van der Waals surface area (Å²) >= 11 is 0. The molecule has 0 unspecified atom stereocenters. The first-order valence-corrected chi connectivity index (χ1v) is 10.4. The molecule has 3 amide bonds. The molecule has 7 heteroatoms. The Hall–Kier alpha value is -2.28. The minimum Gasteiger partial charge on any atom is -0.497 e. The molecule has 1 N–H and O–H groups in total. The van der Waals surface area contributed by atoms with Crippen molar-refractivity contribution in [3.63, 3.8) is 0 Å². The molecule has 2 saturated heterocycles. The first-order valence-electron chi connectivity index (χ1n) is 10.4. The number of ether oxygens (including phenoxy) is 1. The molecular weight excluding hydrogens is 356 g/mol. The van der Waals surface area contributed by atoms with Crippen LogP contribution >= 0.6 is 0 Å². The van der Waals surface area contributed by atoms with Crippen LogP contribution in [0.4, 0.5) is 10.5 Å². The van der Waals surface area contributed by atoms with Crippen LogP contribution in [0.5, 0.6) is 5.75 Å². The molecule has 3 aliphatic rings. The zero-order valence-corrected chi connectivity index (χ0v) is 16.7. The number of benzene rings is 1. The largest absolute Gasteiger partial charge is 0.497 e. The lowest BCUT2D eigenvalue weighted by Crippen LogP contribution is -2.52. The summed E-state index contributed by atoms with van der Waals surface area (Å²) in [6, 6.07) is 7.87. The number of hydrogen-bond donors (Lipinski definition) is 1. The third kappa shape index (κ3) is 3.68. The molecule has 0 bridgehead atoms. The highest BCUT2D eigenvalue weighted by Crippen LogP contribution is 2.33. The molecule has 4 rings (SSSR count). The number of nitrogens with zero attached hydrogens (tertiary/aromatic N) is 3. The lowest BCUT2D eigenvalue weighted by molar-refractivity contribution is -0.133. The second-order valence-corrected chi connectivity index (χ2v) is 8.10. The number of amides is 3. The van der Waals surface area contributed by atoms with Crippen molar-refractivity contribution in [3.8, 4) is 5.75 Å². The van der Waals surface area contributed by atoms with Crippen molar-refractivity contribution < 1.29 is 14.3 Å². The van der Waals surface area contributed by atoms with Crippen LogP contribution in [0.1, 0.15) is 38.5 Å². The number of hydrogen-bond acceptors (Lipinski definition) is 5. The van der Waals surface area contributed by atoms with Gasteiger partial charge in [-0.3, -0.25) is 9.69 Å². The van der Waals surface area contributed by atoms with E-state index in [9.17, 15) is 9.59 Å². The van der Waals surface area contributed by atoms with Crippen molar-refractivity contribution in [1.29, 1.82) is 0 Å². The van der Waals surface area contributed by atoms with Gasteiger partial charge in [-0.05, 0) is 37.1 Å². The van der Waals surface area contributed by atoms with Gasteiger partial charge in [0.05, 0.1) is 13.8 Å². The van der Waals surface area contributed by atoms with Gasteiger partial charge in [-0.25, -0.2) is 9.69 Å². The second-order valence-electron chi connectivity index (χ2n) is 8.10. The molecule has 0 aromatic heterocycles. The van der Waals surface area contributed by atoms with Gasteiger partial charge in [0.15, 0.2) is 0 Å². The van der Waals surface area contributed by atoms with Crippen LogP contribution in [0.3, 0.4) is 0 Å². The Bertz CT molecular complexity index is 705. The van der Waals surface area contributed by atoms with Gasteiger partial charge < -0.3 is 15.0 Å². The van der Waals surface area contributed by atoms with Gasteiger partial charge in [0.25, 0.3) is 5.91 Å². The Kier molecular flexibility index (Phi) is 5.44. The van der Waals surface area contributed by atoms with E-state index in [0.29, 0.717) is 6.67 Å². The van der Waals surface area contributed by atoms with E-state index in [1.807, 2.05) is 12.1 Å². The average molecular weight is 386 g/mol. The van der Waals surface area contributed by atoms with Crippen LogP contribution < -0.4 is 15.0 Å². The fourth-order valence-corrected chi connectivity index (χ4v) is 4.62. The fourth-order valence-electron chi connectivity index (χ4n) is 4.62. The lowest BCUT2D eigenvalue weighted by Gasteiger charge is -2.37. The zero-order chi connectivity index (χ0) is 19.6. The zero-order valence-electron chi connectivity index (χ0n) is 16.7. The fraction of sp³-hybridized carbons (Fsp3) is 0.619. The number of rotatable bonds is 4. The summed E-state index contributed by atoms with van der Waals surface area (Å²) in [5.74, 6) is 0.838. The molecule has 1 aromatic carbocycles. The summed E-state index contributed by atoms with van der Waals surface area (Å²) in [5.41, 5.74) is 0.534. The summed E-state index contributed by atoms with van der Waals surface area (Å²) in [5, 5.41) is 3.03. The lowest BCUT2D eigenvalue weighted by atomic mass is 9.90. The van der Waals surface area contributed by atoms with E-state index in [0.717, 1.165) is 70.5 Å². The van der Waals surface area contributed by atoms with Crippen molar-refractivity contribution in [2.45, 2.75) is 44.1 Å². The molecule has 2 aliphatic heterocycles. The van der Waals surface area contributed by atoms with E-state index < -0.39 is 5.54 Å². The van der Waals surface area contributed by atoms with E-state index in [1.54, 1.807) is 7.11 Å². The van der Waals surface area contributed by atoms with Crippen LogP contribution in [0.2, 0.25) is 0 Å². The summed E-state index contributed by atoms with van der Waals surface area (Å²) in [6.45, 7) is 3.80. The van der Waals surface area contributed by atoms with E-state index >= 15 is 0 Å². The summed E-state index contributed by atoms with van der Waals surface area (Å²) in [6.07, 6.45) is 5.88. The number of imide groups is 1. The van der Waals surface area contributed by atoms with Gasteiger partial charge in [0.2, 0.25) is 0 Å². The summed E-state index contributed by atoms with van der Waals surface area (Å²) in [4.78, 5) is 31.6. The third-order valence-corrected chi connectivity index (χ3v) is 6.35. The Labute approximate surface area is 166 Å². The molecule has 1 saturated carbocycles. The highest BCUT2D eigenvalue weighted by molar-refractivity contribution is 6.07. The monoisotopic (exact) mass is 386 g/mol. The molecule has 1 aliphatic carbocycles. The van der Waals surface area contributed by atoms with E-state index in [-0.39, 0.29) is 11.9 Å². The number of anilines is 1. The average Bonchev–Trinajstić information content (AvgIpc) is 2.88. The smallest absolute Gasteiger partial charge is 0.326 e. The number of methoxy groups -OCH3 is 1.